The summed E-state index contributed by atoms with van der Waals surface area (Å²) in [5.41, 5.74) is 3.94. The number of halogens is 4. The summed E-state index contributed by atoms with van der Waals surface area (Å²) in [7, 11) is 0. The Bertz CT molecular complexity index is 1160. The van der Waals surface area contributed by atoms with Crippen molar-refractivity contribution in [3.63, 3.8) is 0 Å². The van der Waals surface area contributed by atoms with Crippen LogP contribution in [0.25, 0.3) is 11.3 Å². The number of carbonyl (C=O) groups is 1. The van der Waals surface area contributed by atoms with Gasteiger partial charge in [0, 0.05) is 22.6 Å². The number of carboxylic acids is 1. The van der Waals surface area contributed by atoms with Crippen LogP contribution in [-0.4, -0.2) is 15.4 Å². The molecule has 3 rings (SSSR count). The zero-order valence-electron chi connectivity index (χ0n) is 17.6. The zero-order chi connectivity index (χ0) is 23.6. The number of benzene rings is 2. The number of ether oxygens (including phenoxy) is 1. The molecule has 0 aliphatic carbocycles. The van der Waals surface area contributed by atoms with E-state index in [1.807, 2.05) is 6.92 Å². The summed E-state index contributed by atoms with van der Waals surface area (Å²) in [6.07, 6.45) is -4.18. The minimum Gasteiger partial charge on any atom is -0.488 e. The van der Waals surface area contributed by atoms with Crippen molar-refractivity contribution in [2.75, 3.05) is 0 Å². The van der Waals surface area contributed by atoms with Crippen molar-refractivity contribution in [1.29, 1.82) is 0 Å². The van der Waals surface area contributed by atoms with Crippen molar-refractivity contribution in [2.24, 2.45) is 0 Å². The molecule has 1 heterocycles. The van der Waals surface area contributed by atoms with Crippen LogP contribution in [0.15, 0.2) is 30.3 Å². The first kappa shape index (κ1) is 24.1. The molecule has 0 aliphatic rings. The third-order valence-corrected chi connectivity index (χ3v) is 6.67. The Labute approximate surface area is 192 Å². The van der Waals surface area contributed by atoms with Gasteiger partial charge in [-0.25, -0.2) is 0 Å². The quantitative estimate of drug-likeness (QED) is 0.393. The van der Waals surface area contributed by atoms with Crippen LogP contribution in [0.5, 0.6) is 5.75 Å². The average Bonchev–Trinajstić information content (AvgIpc) is 3.14. The van der Waals surface area contributed by atoms with Gasteiger partial charge in [-0.15, -0.1) is 0 Å². The number of carboxylic acid groups (broad SMARTS) is 1. The van der Waals surface area contributed by atoms with Crippen LogP contribution in [0.2, 0.25) is 5.02 Å². The average molecular weight is 484 g/mol. The Morgan fingerprint density at radius 1 is 1.16 bits per heavy atom. The number of nitrogens with zero attached hydrogens (tertiary/aromatic N) is 1. The first-order valence-corrected chi connectivity index (χ1v) is 10.9. The standard InChI is InChI=1S/C23H21ClF3NO3S/c1-12-10-16(4-7-18(12)24)21-17(22(32-28-21)23(25,26)27)11-31-19-8-5-15(6-9-20(29)30)13(2)14(19)3/h4-5,7-8,10H,6,9,11H2,1-3H3,(H,29,30). The van der Waals surface area contributed by atoms with Gasteiger partial charge in [0.25, 0.3) is 0 Å². The monoisotopic (exact) mass is 483 g/mol. The topological polar surface area (TPSA) is 59.4 Å². The second kappa shape index (κ2) is 9.50. The molecule has 0 fully saturated rings. The predicted octanol–water partition coefficient (Wildman–Crippen LogP) is 7.00. The normalized spacial score (nSPS) is 11.6. The van der Waals surface area contributed by atoms with Crippen molar-refractivity contribution in [1.82, 2.24) is 4.37 Å². The minimum absolute atomic E-state index is 0.000130. The maximum Gasteiger partial charge on any atom is 0.427 e. The maximum absolute atomic E-state index is 13.6. The van der Waals surface area contributed by atoms with E-state index >= 15 is 0 Å². The molecule has 3 aromatic rings. The molecule has 0 unspecified atom stereocenters. The third-order valence-electron chi connectivity index (χ3n) is 5.31. The molecule has 0 saturated heterocycles. The van der Waals surface area contributed by atoms with Crippen LogP contribution < -0.4 is 4.74 Å². The van der Waals surface area contributed by atoms with Gasteiger partial charge in [0.2, 0.25) is 0 Å². The lowest BCUT2D eigenvalue weighted by Gasteiger charge is -2.16. The largest absolute Gasteiger partial charge is 0.488 e. The number of hydrogen-bond acceptors (Lipinski definition) is 4. The van der Waals surface area contributed by atoms with Crippen molar-refractivity contribution in [2.45, 2.75) is 46.4 Å². The highest BCUT2D eigenvalue weighted by molar-refractivity contribution is 7.06. The van der Waals surface area contributed by atoms with Crippen LogP contribution >= 0.6 is 23.1 Å². The van der Waals surface area contributed by atoms with Crippen molar-refractivity contribution >= 4 is 29.1 Å². The number of rotatable bonds is 7. The molecule has 170 valence electrons. The van der Waals surface area contributed by atoms with Gasteiger partial charge in [0.05, 0.1) is 5.69 Å². The highest BCUT2D eigenvalue weighted by atomic mass is 35.5. The van der Waals surface area contributed by atoms with Crippen molar-refractivity contribution in [3.8, 4) is 17.0 Å². The Balaban J connectivity index is 1.93. The smallest absolute Gasteiger partial charge is 0.427 e. The molecule has 0 radical (unpaired) electrons. The van der Waals surface area contributed by atoms with Crippen LogP contribution in [0.1, 0.15) is 39.1 Å². The van der Waals surface area contributed by atoms with Crippen molar-refractivity contribution in [3.05, 3.63) is 68.0 Å². The third kappa shape index (κ3) is 5.24. The molecule has 0 amide bonds. The van der Waals surface area contributed by atoms with Gasteiger partial charge in [0.1, 0.15) is 17.2 Å². The van der Waals surface area contributed by atoms with E-state index in [-0.39, 0.29) is 24.3 Å². The Morgan fingerprint density at radius 2 is 1.88 bits per heavy atom. The van der Waals surface area contributed by atoms with Gasteiger partial charge >= 0.3 is 12.1 Å². The van der Waals surface area contributed by atoms with E-state index in [9.17, 15) is 18.0 Å². The van der Waals surface area contributed by atoms with E-state index in [2.05, 4.69) is 4.37 Å². The van der Waals surface area contributed by atoms with Crippen LogP contribution in [-0.2, 0) is 24.0 Å². The van der Waals surface area contributed by atoms with Gasteiger partial charge in [-0.2, -0.15) is 17.5 Å². The lowest BCUT2D eigenvalue weighted by Crippen LogP contribution is -2.09. The highest BCUT2D eigenvalue weighted by Crippen LogP contribution is 2.41. The summed E-state index contributed by atoms with van der Waals surface area (Å²) in [4.78, 5) is 10.0. The zero-order valence-corrected chi connectivity index (χ0v) is 19.2. The number of alkyl halides is 3. The first-order valence-electron chi connectivity index (χ1n) is 9.75. The number of aryl methyl sites for hydroxylation is 2. The van der Waals surface area contributed by atoms with Crippen molar-refractivity contribution < 1.29 is 27.8 Å². The predicted molar refractivity (Wildman–Crippen MR) is 119 cm³/mol. The second-order valence-electron chi connectivity index (χ2n) is 7.46. The lowest BCUT2D eigenvalue weighted by atomic mass is 9.99. The molecule has 1 aromatic heterocycles. The van der Waals surface area contributed by atoms with E-state index in [4.69, 9.17) is 21.4 Å². The molecular weight excluding hydrogens is 463 g/mol. The number of hydrogen-bond donors (Lipinski definition) is 1. The fraction of sp³-hybridized carbons (Fsp3) is 0.304. The van der Waals surface area contributed by atoms with E-state index in [0.717, 1.165) is 22.3 Å². The molecule has 9 heteroatoms. The summed E-state index contributed by atoms with van der Waals surface area (Å²) in [5.74, 6) is -0.448. The van der Waals surface area contributed by atoms with E-state index in [0.29, 0.717) is 34.3 Å². The van der Waals surface area contributed by atoms with Gasteiger partial charge in [-0.1, -0.05) is 23.7 Å². The molecule has 0 bridgehead atoms. The second-order valence-corrected chi connectivity index (χ2v) is 8.64. The summed E-state index contributed by atoms with van der Waals surface area (Å²) < 4.78 is 50.8. The van der Waals surface area contributed by atoms with Crippen LogP contribution in [0.3, 0.4) is 0 Å². The van der Waals surface area contributed by atoms with Crippen LogP contribution in [0.4, 0.5) is 13.2 Å². The number of aliphatic carboxylic acids is 1. The SMILES string of the molecule is Cc1cc(-c2nsc(C(F)(F)F)c2COc2ccc(CCC(=O)O)c(C)c2C)ccc1Cl. The fourth-order valence-corrected chi connectivity index (χ4v) is 4.24. The molecular formula is C23H21ClF3NO3S. The van der Waals surface area contributed by atoms with Gasteiger partial charge in [0.15, 0.2) is 0 Å². The van der Waals surface area contributed by atoms with E-state index in [1.54, 1.807) is 44.2 Å². The molecule has 32 heavy (non-hydrogen) atoms. The molecule has 2 aromatic carbocycles. The summed E-state index contributed by atoms with van der Waals surface area (Å²) in [6, 6.07) is 8.39. The van der Waals surface area contributed by atoms with E-state index in [1.165, 1.54) is 0 Å². The summed E-state index contributed by atoms with van der Waals surface area (Å²) >= 11 is 6.46. The van der Waals surface area contributed by atoms with Gasteiger partial charge in [-0.3, -0.25) is 4.79 Å². The molecule has 0 spiro atoms. The molecule has 0 saturated carbocycles. The highest BCUT2D eigenvalue weighted by Gasteiger charge is 2.38. The Hall–Kier alpha value is -2.58. The maximum atomic E-state index is 13.6. The molecule has 0 atom stereocenters. The first-order chi connectivity index (χ1) is 15.0. The Morgan fingerprint density at radius 3 is 2.50 bits per heavy atom. The minimum atomic E-state index is -4.55. The Kier molecular flexibility index (Phi) is 7.15. The fourth-order valence-electron chi connectivity index (χ4n) is 3.36. The molecule has 1 N–H and O–H groups in total. The van der Waals surface area contributed by atoms with Crippen LogP contribution in [0, 0.1) is 20.8 Å². The summed E-state index contributed by atoms with van der Waals surface area (Å²) in [6.45, 7) is 5.11. The van der Waals surface area contributed by atoms with Gasteiger partial charge < -0.3 is 9.84 Å². The lowest BCUT2D eigenvalue weighted by molar-refractivity contribution is -0.137. The number of aromatic nitrogens is 1. The van der Waals surface area contributed by atoms with Gasteiger partial charge in [-0.05, 0) is 79.2 Å². The van der Waals surface area contributed by atoms with E-state index < -0.39 is 17.0 Å². The summed E-state index contributed by atoms with van der Waals surface area (Å²) in [5, 5.41) is 9.41. The molecule has 0 aliphatic heterocycles. The molecule has 4 nitrogen and oxygen atoms in total.